The summed E-state index contributed by atoms with van der Waals surface area (Å²) in [4.78, 5) is 13.3. The Morgan fingerprint density at radius 3 is 3.00 bits per heavy atom. The molecular formula is C18H16FN3OS2. The zero-order valence-electron chi connectivity index (χ0n) is 13.6. The van der Waals surface area contributed by atoms with Gasteiger partial charge >= 0.3 is 0 Å². The number of amides is 1. The molecule has 1 heterocycles. The molecule has 128 valence electrons. The number of benzene rings is 1. The number of nitrogens with one attached hydrogen (secondary N) is 2. The zero-order chi connectivity index (χ0) is 18.0. The zero-order valence-corrected chi connectivity index (χ0v) is 15.2. The van der Waals surface area contributed by atoms with Crippen molar-refractivity contribution in [3.63, 3.8) is 0 Å². The van der Waals surface area contributed by atoms with Crippen molar-refractivity contribution in [2.24, 2.45) is 5.92 Å². The number of nitriles is 1. The van der Waals surface area contributed by atoms with Crippen LogP contribution < -0.4 is 10.6 Å². The predicted octanol–water partition coefficient (Wildman–Crippen LogP) is 4.01. The number of anilines is 1. The molecule has 2 aromatic rings. The minimum absolute atomic E-state index is 0.0948. The predicted molar refractivity (Wildman–Crippen MR) is 100 cm³/mol. The Morgan fingerprint density at radius 2 is 2.28 bits per heavy atom. The van der Waals surface area contributed by atoms with E-state index in [-0.39, 0.29) is 10.7 Å². The first kappa shape index (κ1) is 17.5. The first-order valence-electron chi connectivity index (χ1n) is 7.90. The lowest BCUT2D eigenvalue weighted by atomic mass is 9.89. The van der Waals surface area contributed by atoms with Crippen LogP contribution in [0.4, 0.5) is 9.39 Å². The average Bonchev–Trinajstić information content (AvgIpc) is 2.90. The molecule has 4 nitrogen and oxygen atoms in total. The van der Waals surface area contributed by atoms with Gasteiger partial charge in [0.15, 0.2) is 5.11 Å². The number of halogens is 1. The highest BCUT2D eigenvalue weighted by Crippen LogP contribution is 2.39. The summed E-state index contributed by atoms with van der Waals surface area (Å²) in [6.45, 7) is 2.20. The van der Waals surface area contributed by atoms with Gasteiger partial charge in [-0.25, -0.2) is 4.39 Å². The first-order chi connectivity index (χ1) is 12.0. The summed E-state index contributed by atoms with van der Waals surface area (Å²) >= 11 is 6.69. The van der Waals surface area contributed by atoms with Crippen molar-refractivity contribution >= 4 is 39.6 Å². The Morgan fingerprint density at radius 1 is 1.48 bits per heavy atom. The lowest BCUT2D eigenvalue weighted by Crippen LogP contribution is -2.34. The Bertz CT molecular complexity index is 885. The van der Waals surface area contributed by atoms with E-state index in [2.05, 4.69) is 23.6 Å². The topological polar surface area (TPSA) is 64.9 Å². The summed E-state index contributed by atoms with van der Waals surface area (Å²) in [5.74, 6) is -0.381. The van der Waals surface area contributed by atoms with Crippen LogP contribution in [0.1, 0.15) is 39.7 Å². The van der Waals surface area contributed by atoms with E-state index in [0.717, 1.165) is 30.9 Å². The monoisotopic (exact) mass is 373 g/mol. The van der Waals surface area contributed by atoms with E-state index in [1.807, 2.05) is 0 Å². The number of fused-ring (bicyclic) bond motifs is 1. The highest BCUT2D eigenvalue weighted by atomic mass is 32.1. The molecule has 0 spiro atoms. The summed E-state index contributed by atoms with van der Waals surface area (Å²) in [7, 11) is 0. The second-order valence-electron chi connectivity index (χ2n) is 6.09. The molecule has 1 aliphatic rings. The third-order valence-corrected chi connectivity index (χ3v) is 5.54. The highest BCUT2D eigenvalue weighted by molar-refractivity contribution is 7.80. The van der Waals surface area contributed by atoms with Crippen molar-refractivity contribution in [1.29, 1.82) is 5.26 Å². The number of thiocarbonyl (C=S) groups is 1. The molecule has 0 radical (unpaired) electrons. The molecule has 1 aromatic heterocycles. The van der Waals surface area contributed by atoms with Gasteiger partial charge in [0.1, 0.15) is 16.9 Å². The number of carbonyl (C=O) groups is 1. The molecule has 0 fully saturated rings. The lowest BCUT2D eigenvalue weighted by molar-refractivity contribution is 0.0977. The van der Waals surface area contributed by atoms with Crippen molar-refractivity contribution in [3.05, 3.63) is 51.7 Å². The van der Waals surface area contributed by atoms with Crippen molar-refractivity contribution < 1.29 is 9.18 Å². The maximum Gasteiger partial charge on any atom is 0.257 e. The van der Waals surface area contributed by atoms with Crippen molar-refractivity contribution in [1.82, 2.24) is 5.32 Å². The molecule has 7 heteroatoms. The van der Waals surface area contributed by atoms with E-state index >= 15 is 0 Å². The van der Waals surface area contributed by atoms with E-state index in [9.17, 15) is 14.4 Å². The van der Waals surface area contributed by atoms with Crippen LogP contribution >= 0.6 is 23.6 Å². The van der Waals surface area contributed by atoms with Gasteiger partial charge in [0.2, 0.25) is 0 Å². The number of nitrogens with zero attached hydrogens (tertiary/aromatic N) is 1. The summed E-state index contributed by atoms with van der Waals surface area (Å²) in [6.07, 6.45) is 2.91. The largest absolute Gasteiger partial charge is 0.323 e. The smallest absolute Gasteiger partial charge is 0.257 e. The molecule has 0 saturated carbocycles. The molecule has 0 unspecified atom stereocenters. The molecule has 1 atom stereocenters. The second-order valence-corrected chi connectivity index (χ2v) is 7.60. The summed E-state index contributed by atoms with van der Waals surface area (Å²) < 4.78 is 13.2. The molecule has 0 saturated heterocycles. The molecule has 3 rings (SSSR count). The van der Waals surface area contributed by atoms with E-state index in [0.29, 0.717) is 16.5 Å². The van der Waals surface area contributed by atoms with Crippen LogP contribution in [0.5, 0.6) is 0 Å². The van der Waals surface area contributed by atoms with E-state index in [1.54, 1.807) is 0 Å². The SMILES string of the molecule is C[C@H]1CCc2c(sc(NC(=S)NC(=O)c3cccc(F)c3)c2C#N)C1. The maximum atomic E-state index is 13.2. The summed E-state index contributed by atoms with van der Waals surface area (Å²) in [6, 6.07) is 7.62. The molecule has 0 aliphatic heterocycles. The molecule has 1 aliphatic carbocycles. The maximum absolute atomic E-state index is 13.2. The quantitative estimate of drug-likeness (QED) is 0.781. The van der Waals surface area contributed by atoms with Crippen LogP contribution in [0.15, 0.2) is 24.3 Å². The minimum Gasteiger partial charge on any atom is -0.323 e. The fourth-order valence-electron chi connectivity index (χ4n) is 2.90. The molecule has 2 N–H and O–H groups in total. The fraction of sp³-hybridized carbons (Fsp3) is 0.278. The van der Waals surface area contributed by atoms with E-state index in [4.69, 9.17) is 12.2 Å². The van der Waals surface area contributed by atoms with Gasteiger partial charge in [-0.1, -0.05) is 13.0 Å². The first-order valence-corrected chi connectivity index (χ1v) is 9.13. The molecular weight excluding hydrogens is 357 g/mol. The third kappa shape index (κ3) is 3.86. The van der Waals surface area contributed by atoms with Crippen molar-refractivity contribution in [3.8, 4) is 6.07 Å². The number of rotatable bonds is 2. The van der Waals surface area contributed by atoms with Crippen molar-refractivity contribution in [2.45, 2.75) is 26.2 Å². The second kappa shape index (κ2) is 7.30. The summed E-state index contributed by atoms with van der Waals surface area (Å²) in [5, 5.41) is 15.7. The number of hydrogen-bond acceptors (Lipinski definition) is 4. The van der Waals surface area contributed by atoms with Crippen LogP contribution in [0.2, 0.25) is 0 Å². The number of hydrogen-bond donors (Lipinski definition) is 2. The standard InChI is InChI=1S/C18H16FN3OS2/c1-10-5-6-13-14(9-20)17(25-15(13)7-10)22-18(24)21-16(23)11-3-2-4-12(19)8-11/h2-4,8,10H,5-7H2,1H3,(H2,21,22,23,24)/t10-/m0/s1. The highest BCUT2D eigenvalue weighted by Gasteiger charge is 2.24. The molecule has 25 heavy (non-hydrogen) atoms. The van der Waals surface area contributed by atoms with Crippen LogP contribution in [0.25, 0.3) is 0 Å². The minimum atomic E-state index is -0.495. The Hall–Kier alpha value is -2.30. The van der Waals surface area contributed by atoms with E-state index < -0.39 is 11.7 Å². The molecule has 0 bridgehead atoms. The normalized spacial score (nSPS) is 15.8. The van der Waals surface area contributed by atoms with Gasteiger partial charge in [-0.15, -0.1) is 11.3 Å². The Balaban J connectivity index is 1.73. The fourth-order valence-corrected chi connectivity index (χ4v) is 4.52. The Labute approximate surface area is 154 Å². The van der Waals surface area contributed by atoms with E-state index in [1.165, 1.54) is 34.4 Å². The van der Waals surface area contributed by atoms with Crippen molar-refractivity contribution in [2.75, 3.05) is 5.32 Å². The van der Waals surface area contributed by atoms with Crippen LogP contribution in [-0.4, -0.2) is 11.0 Å². The van der Waals surface area contributed by atoms with Gasteiger partial charge < -0.3 is 5.32 Å². The van der Waals surface area contributed by atoms with Gasteiger partial charge in [-0.05, 0) is 61.2 Å². The van der Waals surface area contributed by atoms with Crippen LogP contribution in [0.3, 0.4) is 0 Å². The van der Waals surface area contributed by atoms with Crippen LogP contribution in [0, 0.1) is 23.1 Å². The average molecular weight is 373 g/mol. The van der Waals surface area contributed by atoms with Gasteiger partial charge in [0, 0.05) is 10.4 Å². The van der Waals surface area contributed by atoms with Gasteiger partial charge in [0.25, 0.3) is 5.91 Å². The van der Waals surface area contributed by atoms with Gasteiger partial charge in [-0.2, -0.15) is 5.26 Å². The lowest BCUT2D eigenvalue weighted by Gasteiger charge is -2.17. The Kier molecular flexibility index (Phi) is 5.11. The van der Waals surface area contributed by atoms with Crippen LogP contribution in [-0.2, 0) is 12.8 Å². The third-order valence-electron chi connectivity index (χ3n) is 4.16. The number of carbonyl (C=O) groups excluding carboxylic acids is 1. The molecule has 1 amide bonds. The van der Waals surface area contributed by atoms with Gasteiger partial charge in [0.05, 0.1) is 5.56 Å². The van der Waals surface area contributed by atoms with Gasteiger partial charge in [-0.3, -0.25) is 10.1 Å². The molecule has 1 aromatic carbocycles. The summed E-state index contributed by atoms with van der Waals surface area (Å²) in [5.41, 5.74) is 1.88. The number of thiophene rings is 1.